The van der Waals surface area contributed by atoms with Gasteiger partial charge in [0.05, 0.1) is 0 Å². The molecule has 6 heteroatoms. The van der Waals surface area contributed by atoms with Crippen LogP contribution in [-0.2, 0) is 0 Å². The summed E-state index contributed by atoms with van der Waals surface area (Å²) in [4.78, 5) is 11.0. The molecule has 0 saturated carbocycles. The van der Waals surface area contributed by atoms with Gasteiger partial charge >= 0.3 is 0 Å². The number of nitrogens with one attached hydrogen (secondary N) is 2. The standard InChI is InChI=1S/C20H35N5S/c1-3-21-20(23-12-18-26-19-9-5-4-6-10-19)22-11-7-8-13-25-16-14-24(2)15-17-25/h4-6,9-10H,3,7-8,11-18H2,1-2H3,(H2,21,22,23). The first-order valence-electron chi connectivity index (χ1n) is 9.89. The molecule has 1 aromatic carbocycles. The summed E-state index contributed by atoms with van der Waals surface area (Å²) in [5.74, 6) is 1.98. The van der Waals surface area contributed by atoms with Gasteiger partial charge in [-0.3, -0.25) is 4.99 Å². The molecule has 26 heavy (non-hydrogen) atoms. The molecule has 1 saturated heterocycles. The third-order valence-corrected chi connectivity index (χ3v) is 5.51. The molecular formula is C20H35N5S. The van der Waals surface area contributed by atoms with Gasteiger partial charge in [0, 0.05) is 56.5 Å². The molecule has 0 radical (unpaired) electrons. The Morgan fingerprint density at radius 2 is 1.85 bits per heavy atom. The summed E-state index contributed by atoms with van der Waals surface area (Å²) in [5, 5.41) is 6.78. The van der Waals surface area contributed by atoms with Crippen LogP contribution in [0.5, 0.6) is 0 Å². The summed E-state index contributed by atoms with van der Waals surface area (Å²) in [6, 6.07) is 10.5. The Balaban J connectivity index is 1.56. The molecule has 146 valence electrons. The molecule has 0 spiro atoms. The molecule has 0 unspecified atom stereocenters. The first kappa shape index (κ1) is 21.1. The number of rotatable bonds is 10. The largest absolute Gasteiger partial charge is 0.357 e. The SMILES string of the molecule is CCNC(=NCCCCN1CCN(C)CC1)NCCSc1ccccc1. The highest BCUT2D eigenvalue weighted by molar-refractivity contribution is 7.99. The number of likely N-dealkylation sites (N-methyl/N-ethyl adjacent to an activating group) is 1. The van der Waals surface area contributed by atoms with E-state index in [0.717, 1.165) is 37.8 Å². The number of guanidine groups is 1. The zero-order chi connectivity index (χ0) is 18.5. The molecule has 0 atom stereocenters. The number of unbranched alkanes of at least 4 members (excludes halogenated alkanes) is 1. The van der Waals surface area contributed by atoms with Gasteiger partial charge in [-0.1, -0.05) is 18.2 Å². The van der Waals surface area contributed by atoms with E-state index in [1.54, 1.807) is 0 Å². The lowest BCUT2D eigenvalue weighted by Gasteiger charge is -2.32. The molecule has 1 aromatic rings. The van der Waals surface area contributed by atoms with Crippen molar-refractivity contribution >= 4 is 17.7 Å². The van der Waals surface area contributed by atoms with Crippen LogP contribution in [0.1, 0.15) is 19.8 Å². The Morgan fingerprint density at radius 1 is 1.08 bits per heavy atom. The van der Waals surface area contributed by atoms with Gasteiger partial charge in [-0.15, -0.1) is 11.8 Å². The van der Waals surface area contributed by atoms with Crippen molar-refractivity contribution in [2.75, 3.05) is 65.2 Å². The monoisotopic (exact) mass is 377 g/mol. The van der Waals surface area contributed by atoms with Crippen LogP contribution >= 0.6 is 11.8 Å². The van der Waals surface area contributed by atoms with E-state index in [1.165, 1.54) is 44.0 Å². The summed E-state index contributed by atoms with van der Waals surface area (Å²) in [6.45, 7) is 10.9. The molecular weight excluding hydrogens is 342 g/mol. The predicted molar refractivity (Wildman–Crippen MR) is 114 cm³/mol. The van der Waals surface area contributed by atoms with E-state index in [2.05, 4.69) is 64.7 Å². The zero-order valence-corrected chi connectivity index (χ0v) is 17.2. The molecule has 0 bridgehead atoms. The van der Waals surface area contributed by atoms with Crippen molar-refractivity contribution in [1.29, 1.82) is 0 Å². The number of nitrogens with zero attached hydrogens (tertiary/aromatic N) is 3. The minimum atomic E-state index is 0.898. The summed E-state index contributed by atoms with van der Waals surface area (Å²) in [7, 11) is 2.21. The van der Waals surface area contributed by atoms with Crippen molar-refractivity contribution < 1.29 is 0 Å². The molecule has 2 N–H and O–H groups in total. The lowest BCUT2D eigenvalue weighted by molar-refractivity contribution is 0.152. The molecule has 0 aromatic heterocycles. The normalized spacial score (nSPS) is 16.6. The first-order chi connectivity index (χ1) is 12.8. The van der Waals surface area contributed by atoms with Crippen molar-refractivity contribution in [2.45, 2.75) is 24.7 Å². The Labute approximate surface area is 163 Å². The van der Waals surface area contributed by atoms with E-state index >= 15 is 0 Å². The van der Waals surface area contributed by atoms with Gasteiger partial charge in [0.25, 0.3) is 0 Å². The van der Waals surface area contributed by atoms with Crippen molar-refractivity contribution in [3.05, 3.63) is 30.3 Å². The van der Waals surface area contributed by atoms with Crippen LogP contribution < -0.4 is 10.6 Å². The number of hydrogen-bond donors (Lipinski definition) is 2. The van der Waals surface area contributed by atoms with Crippen molar-refractivity contribution in [1.82, 2.24) is 20.4 Å². The van der Waals surface area contributed by atoms with E-state index in [4.69, 9.17) is 4.99 Å². The number of benzene rings is 1. The van der Waals surface area contributed by atoms with E-state index < -0.39 is 0 Å². The van der Waals surface area contributed by atoms with Crippen LogP contribution in [0.4, 0.5) is 0 Å². The average Bonchev–Trinajstić information content (AvgIpc) is 2.67. The maximum Gasteiger partial charge on any atom is 0.191 e. The Bertz CT molecular complexity index is 500. The van der Waals surface area contributed by atoms with Crippen molar-refractivity contribution in [3.8, 4) is 0 Å². The Kier molecular flexibility index (Phi) is 10.5. The van der Waals surface area contributed by atoms with E-state index in [9.17, 15) is 0 Å². The predicted octanol–water partition coefficient (Wildman–Crippen LogP) is 2.36. The van der Waals surface area contributed by atoms with Gasteiger partial charge in [-0.05, 0) is 45.5 Å². The molecule has 1 aliphatic rings. The second-order valence-corrected chi connectivity index (χ2v) is 7.87. The maximum absolute atomic E-state index is 4.71. The molecule has 0 amide bonds. The highest BCUT2D eigenvalue weighted by atomic mass is 32.2. The quantitative estimate of drug-likeness (QED) is 0.284. The van der Waals surface area contributed by atoms with E-state index in [0.29, 0.717) is 0 Å². The third-order valence-electron chi connectivity index (χ3n) is 4.50. The topological polar surface area (TPSA) is 42.9 Å². The number of piperazine rings is 1. The van der Waals surface area contributed by atoms with Crippen molar-refractivity contribution in [3.63, 3.8) is 0 Å². The lowest BCUT2D eigenvalue weighted by Crippen LogP contribution is -2.44. The Morgan fingerprint density at radius 3 is 2.58 bits per heavy atom. The molecule has 1 fully saturated rings. The number of hydrogen-bond acceptors (Lipinski definition) is 4. The Hall–Kier alpha value is -1.24. The highest BCUT2D eigenvalue weighted by Crippen LogP contribution is 2.15. The van der Waals surface area contributed by atoms with Crippen LogP contribution in [0.15, 0.2) is 40.2 Å². The van der Waals surface area contributed by atoms with Gasteiger partial charge in [0.15, 0.2) is 5.96 Å². The summed E-state index contributed by atoms with van der Waals surface area (Å²) >= 11 is 1.87. The van der Waals surface area contributed by atoms with Crippen LogP contribution in [0.25, 0.3) is 0 Å². The van der Waals surface area contributed by atoms with Gasteiger partial charge in [0.2, 0.25) is 0 Å². The zero-order valence-electron chi connectivity index (χ0n) is 16.4. The fourth-order valence-corrected chi connectivity index (χ4v) is 3.70. The summed E-state index contributed by atoms with van der Waals surface area (Å²) in [6.07, 6.45) is 2.39. The number of aliphatic imine (C=N–C) groups is 1. The summed E-state index contributed by atoms with van der Waals surface area (Å²) in [5.41, 5.74) is 0. The molecule has 1 heterocycles. The third kappa shape index (κ3) is 8.92. The van der Waals surface area contributed by atoms with Gasteiger partial charge < -0.3 is 20.4 Å². The fourth-order valence-electron chi connectivity index (χ4n) is 2.91. The maximum atomic E-state index is 4.71. The van der Waals surface area contributed by atoms with Crippen LogP contribution in [-0.4, -0.2) is 80.9 Å². The van der Waals surface area contributed by atoms with Crippen LogP contribution in [0, 0.1) is 0 Å². The minimum absolute atomic E-state index is 0.898. The average molecular weight is 378 g/mol. The second-order valence-electron chi connectivity index (χ2n) is 6.70. The van der Waals surface area contributed by atoms with Gasteiger partial charge in [-0.2, -0.15) is 0 Å². The molecule has 5 nitrogen and oxygen atoms in total. The molecule has 1 aliphatic heterocycles. The first-order valence-corrected chi connectivity index (χ1v) is 10.9. The van der Waals surface area contributed by atoms with Crippen LogP contribution in [0.2, 0.25) is 0 Å². The van der Waals surface area contributed by atoms with Gasteiger partial charge in [0.1, 0.15) is 0 Å². The van der Waals surface area contributed by atoms with Gasteiger partial charge in [-0.25, -0.2) is 0 Å². The minimum Gasteiger partial charge on any atom is -0.357 e. The second kappa shape index (κ2) is 13.0. The van der Waals surface area contributed by atoms with Crippen LogP contribution in [0.3, 0.4) is 0 Å². The number of thioether (sulfide) groups is 1. The van der Waals surface area contributed by atoms with E-state index in [1.807, 2.05) is 11.8 Å². The summed E-state index contributed by atoms with van der Waals surface area (Å²) < 4.78 is 0. The molecule has 0 aliphatic carbocycles. The van der Waals surface area contributed by atoms with Crippen molar-refractivity contribution in [2.24, 2.45) is 4.99 Å². The van der Waals surface area contributed by atoms with E-state index in [-0.39, 0.29) is 0 Å². The molecule has 2 rings (SSSR count). The fraction of sp³-hybridized carbons (Fsp3) is 0.650. The lowest BCUT2D eigenvalue weighted by atomic mass is 10.2. The smallest absolute Gasteiger partial charge is 0.191 e. The highest BCUT2D eigenvalue weighted by Gasteiger charge is 2.12.